The number of aromatic nitrogens is 2. The Morgan fingerprint density at radius 1 is 1.29 bits per heavy atom. The molecule has 6 nitrogen and oxygen atoms in total. The third kappa shape index (κ3) is 5.13. The van der Waals surface area contributed by atoms with E-state index < -0.39 is 5.41 Å². The lowest BCUT2D eigenvalue weighted by molar-refractivity contribution is -0.129. The van der Waals surface area contributed by atoms with Gasteiger partial charge in [-0.1, -0.05) is 0 Å². The number of primary amides is 1. The van der Waals surface area contributed by atoms with E-state index in [1.54, 1.807) is 25.7 Å². The normalized spacial score (nSPS) is 21.1. The van der Waals surface area contributed by atoms with E-state index >= 15 is 0 Å². The number of carbonyl (C=O) groups is 1. The van der Waals surface area contributed by atoms with Gasteiger partial charge in [0, 0.05) is 24.0 Å². The summed E-state index contributed by atoms with van der Waals surface area (Å²) in [6.45, 7) is 0. The fourth-order valence-electron chi connectivity index (χ4n) is 3.86. The van der Waals surface area contributed by atoms with Crippen LogP contribution in [0.2, 0.25) is 0 Å². The van der Waals surface area contributed by atoms with Gasteiger partial charge in [-0.3, -0.25) is 14.8 Å². The Balaban J connectivity index is 0.00000196. The molecule has 1 aromatic carbocycles. The smallest absolute Gasteiger partial charge is 0.223 e. The number of hydrogen-bond donors (Lipinski definition) is 2. The van der Waals surface area contributed by atoms with E-state index in [-0.39, 0.29) is 30.7 Å². The molecule has 0 aliphatic heterocycles. The average molecular weight is 427 g/mol. The van der Waals surface area contributed by atoms with Crippen molar-refractivity contribution in [2.45, 2.75) is 38.1 Å². The van der Waals surface area contributed by atoms with Crippen molar-refractivity contribution >= 4 is 30.7 Å². The SMILES string of the molecule is CNC1CCC(Cc2cc(-c3cnccn3)ccc2OC)(C(N)=O)CC1.Cl.Cl. The van der Waals surface area contributed by atoms with Crippen LogP contribution in [-0.4, -0.2) is 36.1 Å². The number of rotatable bonds is 6. The molecule has 1 aliphatic rings. The van der Waals surface area contributed by atoms with Gasteiger partial charge < -0.3 is 15.8 Å². The summed E-state index contributed by atoms with van der Waals surface area (Å²) in [5.41, 5.74) is 8.06. The van der Waals surface area contributed by atoms with Crippen molar-refractivity contribution in [3.05, 3.63) is 42.4 Å². The molecule has 1 saturated carbocycles. The van der Waals surface area contributed by atoms with E-state index in [0.29, 0.717) is 12.5 Å². The summed E-state index contributed by atoms with van der Waals surface area (Å²) in [6, 6.07) is 6.38. The van der Waals surface area contributed by atoms with Gasteiger partial charge in [0.2, 0.25) is 5.91 Å². The maximum absolute atomic E-state index is 12.4. The first kappa shape index (κ1) is 24.1. The van der Waals surface area contributed by atoms with Crippen LogP contribution in [0.4, 0.5) is 0 Å². The van der Waals surface area contributed by atoms with Gasteiger partial charge in [-0.2, -0.15) is 0 Å². The standard InChI is InChI=1S/C20H26N4O2.2ClH/c1-22-16-5-7-20(8-6-16,19(21)25)12-15-11-14(3-4-18(15)26-2)17-13-23-9-10-24-17;;/h3-4,9-11,13,16,22H,5-8,12H2,1-2H3,(H2,21,25);2*1H. The summed E-state index contributed by atoms with van der Waals surface area (Å²) in [5.74, 6) is 0.549. The molecule has 154 valence electrons. The Bertz CT molecular complexity index is 766. The minimum Gasteiger partial charge on any atom is -0.496 e. The van der Waals surface area contributed by atoms with Gasteiger partial charge in [0.25, 0.3) is 0 Å². The van der Waals surface area contributed by atoms with Crippen LogP contribution in [0.3, 0.4) is 0 Å². The highest BCUT2D eigenvalue weighted by molar-refractivity contribution is 5.85. The topological polar surface area (TPSA) is 90.1 Å². The summed E-state index contributed by atoms with van der Waals surface area (Å²) < 4.78 is 5.54. The maximum Gasteiger partial charge on any atom is 0.223 e. The molecule has 1 heterocycles. The first-order valence-corrected chi connectivity index (χ1v) is 8.98. The summed E-state index contributed by atoms with van der Waals surface area (Å²) in [6.07, 6.45) is 9.10. The van der Waals surface area contributed by atoms with Crippen LogP contribution in [0.25, 0.3) is 11.3 Å². The summed E-state index contributed by atoms with van der Waals surface area (Å²) in [5, 5.41) is 3.31. The monoisotopic (exact) mass is 426 g/mol. The van der Waals surface area contributed by atoms with Crippen LogP contribution < -0.4 is 15.8 Å². The van der Waals surface area contributed by atoms with E-state index in [9.17, 15) is 4.79 Å². The Morgan fingerprint density at radius 2 is 2.00 bits per heavy atom. The second-order valence-corrected chi connectivity index (χ2v) is 7.00. The molecule has 1 amide bonds. The van der Waals surface area contributed by atoms with E-state index in [2.05, 4.69) is 15.3 Å². The number of halogens is 2. The largest absolute Gasteiger partial charge is 0.496 e. The van der Waals surface area contributed by atoms with Crippen molar-refractivity contribution in [3.63, 3.8) is 0 Å². The van der Waals surface area contributed by atoms with Gasteiger partial charge in [-0.15, -0.1) is 24.8 Å². The molecule has 0 atom stereocenters. The molecule has 1 aromatic heterocycles. The zero-order valence-corrected chi connectivity index (χ0v) is 17.8. The molecule has 3 N–H and O–H groups in total. The van der Waals surface area contributed by atoms with Crippen LogP contribution in [0, 0.1) is 5.41 Å². The van der Waals surface area contributed by atoms with Crippen LogP contribution in [0.5, 0.6) is 5.75 Å². The Hall–Kier alpha value is -1.89. The number of carbonyl (C=O) groups excluding carboxylic acids is 1. The third-order valence-electron chi connectivity index (χ3n) is 5.54. The molecule has 0 unspecified atom stereocenters. The first-order valence-electron chi connectivity index (χ1n) is 8.98. The average Bonchev–Trinajstić information content (AvgIpc) is 2.69. The highest BCUT2D eigenvalue weighted by Crippen LogP contribution is 2.41. The van der Waals surface area contributed by atoms with Gasteiger partial charge in [0.05, 0.1) is 24.4 Å². The lowest BCUT2D eigenvalue weighted by Crippen LogP contribution is -2.45. The maximum atomic E-state index is 12.4. The fraction of sp³-hybridized carbons (Fsp3) is 0.450. The van der Waals surface area contributed by atoms with Gasteiger partial charge >= 0.3 is 0 Å². The molecule has 3 rings (SSSR count). The minimum absolute atomic E-state index is 0. The summed E-state index contributed by atoms with van der Waals surface area (Å²) in [4.78, 5) is 20.9. The lowest BCUT2D eigenvalue weighted by atomic mass is 9.68. The molecule has 0 saturated heterocycles. The van der Waals surface area contributed by atoms with Crippen LogP contribution in [0.15, 0.2) is 36.8 Å². The number of methoxy groups -OCH3 is 1. The minimum atomic E-state index is -0.526. The molecule has 2 aromatic rings. The van der Waals surface area contributed by atoms with Gasteiger partial charge in [0.15, 0.2) is 0 Å². The number of ether oxygens (including phenoxy) is 1. The van der Waals surface area contributed by atoms with Crippen molar-refractivity contribution in [2.24, 2.45) is 11.1 Å². The number of benzene rings is 1. The Labute approximate surface area is 178 Å². The molecule has 1 aliphatic carbocycles. The van der Waals surface area contributed by atoms with Crippen molar-refractivity contribution in [1.29, 1.82) is 0 Å². The Morgan fingerprint density at radius 3 is 2.54 bits per heavy atom. The second-order valence-electron chi connectivity index (χ2n) is 7.00. The Kier molecular flexibility index (Phi) is 9.14. The molecule has 28 heavy (non-hydrogen) atoms. The molecule has 0 bridgehead atoms. The van der Waals surface area contributed by atoms with E-state index in [4.69, 9.17) is 10.5 Å². The number of hydrogen-bond acceptors (Lipinski definition) is 5. The summed E-state index contributed by atoms with van der Waals surface area (Å²) in [7, 11) is 3.62. The second kappa shape index (κ2) is 10.6. The summed E-state index contributed by atoms with van der Waals surface area (Å²) >= 11 is 0. The molecular formula is C20H28Cl2N4O2. The van der Waals surface area contributed by atoms with Crippen LogP contribution >= 0.6 is 24.8 Å². The molecule has 8 heteroatoms. The molecule has 1 fully saturated rings. The van der Waals surface area contributed by atoms with Crippen molar-refractivity contribution in [2.75, 3.05) is 14.2 Å². The van der Waals surface area contributed by atoms with Crippen molar-refractivity contribution in [3.8, 4) is 17.0 Å². The highest BCUT2D eigenvalue weighted by Gasteiger charge is 2.40. The lowest BCUT2D eigenvalue weighted by Gasteiger charge is -2.38. The van der Waals surface area contributed by atoms with Crippen molar-refractivity contribution < 1.29 is 9.53 Å². The predicted octanol–water partition coefficient (Wildman–Crippen LogP) is 3.17. The number of amides is 1. The van der Waals surface area contributed by atoms with E-state index in [1.807, 2.05) is 25.2 Å². The zero-order chi connectivity index (χ0) is 18.6. The first-order chi connectivity index (χ1) is 12.6. The van der Waals surface area contributed by atoms with Gasteiger partial charge in [-0.05, 0) is 62.9 Å². The van der Waals surface area contributed by atoms with E-state index in [1.165, 1.54) is 0 Å². The van der Waals surface area contributed by atoms with Gasteiger partial charge in [-0.25, -0.2) is 0 Å². The fourth-order valence-corrected chi connectivity index (χ4v) is 3.86. The quantitative estimate of drug-likeness (QED) is 0.739. The number of nitrogens with two attached hydrogens (primary N) is 1. The van der Waals surface area contributed by atoms with Crippen LogP contribution in [0.1, 0.15) is 31.2 Å². The molecule has 0 radical (unpaired) electrons. The van der Waals surface area contributed by atoms with E-state index in [0.717, 1.165) is 48.3 Å². The molecular weight excluding hydrogens is 399 g/mol. The molecule has 0 spiro atoms. The van der Waals surface area contributed by atoms with Crippen molar-refractivity contribution in [1.82, 2.24) is 15.3 Å². The number of nitrogens with zero attached hydrogens (tertiary/aromatic N) is 2. The highest BCUT2D eigenvalue weighted by atomic mass is 35.5. The third-order valence-corrected chi connectivity index (χ3v) is 5.54. The van der Waals surface area contributed by atoms with Gasteiger partial charge in [0.1, 0.15) is 5.75 Å². The predicted molar refractivity (Wildman–Crippen MR) is 115 cm³/mol. The number of nitrogens with one attached hydrogen (secondary N) is 1. The van der Waals surface area contributed by atoms with Crippen LogP contribution in [-0.2, 0) is 11.2 Å². The zero-order valence-electron chi connectivity index (χ0n) is 16.2.